The lowest BCUT2D eigenvalue weighted by Crippen LogP contribution is -2.21. The predicted octanol–water partition coefficient (Wildman–Crippen LogP) is 4.59. The van der Waals surface area contributed by atoms with Crippen LogP contribution in [-0.4, -0.2) is 23.1 Å². The second-order valence-electron chi connectivity index (χ2n) is 6.56. The van der Waals surface area contributed by atoms with Crippen molar-refractivity contribution in [1.82, 2.24) is 4.57 Å². The van der Waals surface area contributed by atoms with Gasteiger partial charge in [-0.2, -0.15) is 0 Å². The van der Waals surface area contributed by atoms with E-state index in [1.165, 1.54) is 0 Å². The van der Waals surface area contributed by atoms with Crippen molar-refractivity contribution in [1.29, 1.82) is 0 Å². The van der Waals surface area contributed by atoms with E-state index in [0.717, 1.165) is 29.1 Å². The largest absolute Gasteiger partial charge is 0.452 e. The molecular formula is C23H24N2O3. The van der Waals surface area contributed by atoms with E-state index >= 15 is 0 Å². The predicted molar refractivity (Wildman–Crippen MR) is 110 cm³/mol. The summed E-state index contributed by atoms with van der Waals surface area (Å²) in [6.45, 7) is 6.29. The van der Waals surface area contributed by atoms with Gasteiger partial charge in [-0.3, -0.25) is 4.79 Å². The zero-order chi connectivity index (χ0) is 20.1. The van der Waals surface area contributed by atoms with Gasteiger partial charge in [0.05, 0.1) is 5.56 Å². The summed E-state index contributed by atoms with van der Waals surface area (Å²) >= 11 is 0. The molecule has 28 heavy (non-hydrogen) atoms. The molecule has 0 saturated carbocycles. The van der Waals surface area contributed by atoms with Gasteiger partial charge in [-0.05, 0) is 38.5 Å². The van der Waals surface area contributed by atoms with Gasteiger partial charge in [-0.25, -0.2) is 4.79 Å². The Hall–Kier alpha value is -3.34. The van der Waals surface area contributed by atoms with Gasteiger partial charge in [0.15, 0.2) is 6.61 Å². The highest BCUT2D eigenvalue weighted by Crippen LogP contribution is 2.27. The molecule has 0 bridgehead atoms. The molecule has 0 radical (unpaired) electrons. The van der Waals surface area contributed by atoms with Crippen molar-refractivity contribution >= 4 is 17.6 Å². The summed E-state index contributed by atoms with van der Waals surface area (Å²) in [5.41, 5.74) is 4.93. The van der Waals surface area contributed by atoms with Gasteiger partial charge < -0.3 is 14.6 Å². The van der Waals surface area contributed by atoms with E-state index < -0.39 is 5.97 Å². The standard InChI is InChI=1S/C23H24N2O3/c1-4-25-16(2)14-20(17(25)3)23(27)28-15-22(26)24-21-13-9-8-12-19(21)18-10-6-5-7-11-18/h5-14H,4,15H2,1-3H3,(H,24,26). The van der Waals surface area contributed by atoms with Crippen LogP contribution in [0.4, 0.5) is 5.69 Å². The first-order valence-corrected chi connectivity index (χ1v) is 9.29. The maximum absolute atomic E-state index is 12.4. The van der Waals surface area contributed by atoms with Gasteiger partial charge in [0, 0.05) is 29.2 Å². The molecule has 0 saturated heterocycles. The molecule has 0 atom stereocenters. The molecule has 0 unspecified atom stereocenters. The number of anilines is 1. The summed E-state index contributed by atoms with van der Waals surface area (Å²) in [7, 11) is 0. The molecule has 0 spiro atoms. The van der Waals surface area contributed by atoms with E-state index in [9.17, 15) is 9.59 Å². The third kappa shape index (κ3) is 4.14. The second kappa shape index (κ2) is 8.57. The fourth-order valence-electron chi connectivity index (χ4n) is 3.35. The zero-order valence-corrected chi connectivity index (χ0v) is 16.4. The molecule has 5 nitrogen and oxygen atoms in total. The summed E-state index contributed by atoms with van der Waals surface area (Å²) in [6.07, 6.45) is 0. The maximum Gasteiger partial charge on any atom is 0.340 e. The van der Waals surface area contributed by atoms with E-state index in [0.29, 0.717) is 11.3 Å². The van der Waals surface area contributed by atoms with Gasteiger partial charge >= 0.3 is 5.97 Å². The van der Waals surface area contributed by atoms with Crippen molar-refractivity contribution < 1.29 is 14.3 Å². The minimum absolute atomic E-state index is 0.336. The lowest BCUT2D eigenvalue weighted by Gasteiger charge is -2.11. The van der Waals surface area contributed by atoms with Crippen molar-refractivity contribution in [3.8, 4) is 11.1 Å². The lowest BCUT2D eigenvalue weighted by atomic mass is 10.0. The number of aryl methyl sites for hydroxylation is 1. The Balaban J connectivity index is 1.67. The van der Waals surface area contributed by atoms with Crippen LogP contribution in [0.3, 0.4) is 0 Å². The molecule has 1 N–H and O–H groups in total. The quantitative estimate of drug-likeness (QED) is 0.640. The van der Waals surface area contributed by atoms with E-state index in [1.54, 1.807) is 6.07 Å². The highest BCUT2D eigenvalue weighted by molar-refractivity contribution is 5.98. The summed E-state index contributed by atoms with van der Waals surface area (Å²) in [6, 6.07) is 19.1. The molecule has 0 aliphatic carbocycles. The number of hydrogen-bond acceptors (Lipinski definition) is 3. The number of carbonyl (C=O) groups is 2. The summed E-state index contributed by atoms with van der Waals surface area (Å²) in [5, 5.41) is 2.84. The second-order valence-corrected chi connectivity index (χ2v) is 6.56. The normalized spacial score (nSPS) is 10.5. The Morgan fingerprint density at radius 2 is 1.68 bits per heavy atom. The van der Waals surface area contributed by atoms with Crippen LogP contribution in [0, 0.1) is 13.8 Å². The van der Waals surface area contributed by atoms with Gasteiger partial charge in [0.25, 0.3) is 5.91 Å². The number of rotatable bonds is 6. The van der Waals surface area contributed by atoms with Crippen LogP contribution in [0.25, 0.3) is 11.1 Å². The van der Waals surface area contributed by atoms with Crippen LogP contribution < -0.4 is 5.32 Å². The monoisotopic (exact) mass is 376 g/mol. The van der Waals surface area contributed by atoms with Gasteiger partial charge in [-0.1, -0.05) is 48.5 Å². The number of nitrogens with zero attached hydrogens (tertiary/aromatic N) is 1. The highest BCUT2D eigenvalue weighted by atomic mass is 16.5. The number of aromatic nitrogens is 1. The van der Waals surface area contributed by atoms with E-state index in [4.69, 9.17) is 4.74 Å². The summed E-state index contributed by atoms with van der Waals surface area (Å²) in [5.74, 6) is -0.861. The third-order valence-corrected chi connectivity index (χ3v) is 4.73. The van der Waals surface area contributed by atoms with Crippen molar-refractivity contribution in [2.24, 2.45) is 0 Å². The first-order valence-electron chi connectivity index (χ1n) is 9.29. The number of ether oxygens (including phenoxy) is 1. The highest BCUT2D eigenvalue weighted by Gasteiger charge is 2.18. The molecule has 1 amide bonds. The Morgan fingerprint density at radius 3 is 2.36 bits per heavy atom. The molecule has 3 rings (SSSR count). The maximum atomic E-state index is 12.4. The van der Waals surface area contributed by atoms with Crippen molar-refractivity contribution in [2.45, 2.75) is 27.3 Å². The van der Waals surface area contributed by atoms with Crippen LogP contribution >= 0.6 is 0 Å². The fourth-order valence-corrected chi connectivity index (χ4v) is 3.35. The number of amides is 1. The number of esters is 1. The van der Waals surface area contributed by atoms with Crippen LogP contribution in [0.5, 0.6) is 0 Å². The Kier molecular flexibility index (Phi) is 5.94. The zero-order valence-electron chi connectivity index (χ0n) is 16.4. The van der Waals surface area contributed by atoms with E-state index in [1.807, 2.05) is 79.9 Å². The van der Waals surface area contributed by atoms with Crippen molar-refractivity contribution in [3.63, 3.8) is 0 Å². The minimum Gasteiger partial charge on any atom is -0.452 e. The average Bonchev–Trinajstić information content (AvgIpc) is 3.00. The molecule has 2 aromatic carbocycles. The number of para-hydroxylation sites is 1. The molecular weight excluding hydrogens is 352 g/mol. The Morgan fingerprint density at radius 1 is 1.00 bits per heavy atom. The molecule has 5 heteroatoms. The Bertz CT molecular complexity index is 990. The summed E-state index contributed by atoms with van der Waals surface area (Å²) in [4.78, 5) is 24.7. The van der Waals surface area contributed by atoms with Crippen LogP contribution in [0.15, 0.2) is 60.7 Å². The topological polar surface area (TPSA) is 60.3 Å². The van der Waals surface area contributed by atoms with Gasteiger partial charge in [0.2, 0.25) is 0 Å². The number of benzene rings is 2. The first-order chi connectivity index (χ1) is 13.5. The fraction of sp³-hybridized carbons (Fsp3) is 0.217. The Labute approximate surface area is 165 Å². The van der Waals surface area contributed by atoms with Crippen molar-refractivity contribution in [3.05, 3.63) is 77.6 Å². The molecule has 144 valence electrons. The minimum atomic E-state index is -0.487. The average molecular weight is 376 g/mol. The third-order valence-electron chi connectivity index (χ3n) is 4.73. The summed E-state index contributed by atoms with van der Waals surface area (Å²) < 4.78 is 7.27. The molecule has 1 aromatic heterocycles. The number of hydrogen-bond donors (Lipinski definition) is 1. The number of nitrogens with one attached hydrogen (secondary N) is 1. The van der Waals surface area contributed by atoms with E-state index in [-0.39, 0.29) is 12.5 Å². The number of carbonyl (C=O) groups excluding carboxylic acids is 2. The van der Waals surface area contributed by atoms with Gasteiger partial charge in [0.1, 0.15) is 0 Å². The first kappa shape index (κ1) is 19.4. The van der Waals surface area contributed by atoms with E-state index in [2.05, 4.69) is 5.32 Å². The lowest BCUT2D eigenvalue weighted by molar-refractivity contribution is -0.119. The van der Waals surface area contributed by atoms with Crippen LogP contribution in [0.2, 0.25) is 0 Å². The molecule has 1 heterocycles. The van der Waals surface area contributed by atoms with Crippen molar-refractivity contribution in [2.75, 3.05) is 11.9 Å². The van der Waals surface area contributed by atoms with Crippen LogP contribution in [-0.2, 0) is 16.1 Å². The van der Waals surface area contributed by atoms with Gasteiger partial charge in [-0.15, -0.1) is 0 Å². The van der Waals surface area contributed by atoms with Crippen LogP contribution in [0.1, 0.15) is 28.7 Å². The SMILES string of the molecule is CCn1c(C)cc(C(=O)OCC(=O)Nc2ccccc2-c2ccccc2)c1C. The smallest absolute Gasteiger partial charge is 0.340 e. The molecule has 0 fully saturated rings. The molecule has 0 aliphatic rings. The molecule has 0 aliphatic heterocycles. The molecule has 3 aromatic rings.